The zero-order valence-electron chi connectivity index (χ0n) is 23.4. The van der Waals surface area contributed by atoms with Crippen molar-refractivity contribution in [3.63, 3.8) is 0 Å². The molecule has 39 heavy (non-hydrogen) atoms. The molecule has 2 aliphatic heterocycles. The Balaban J connectivity index is 1.69. The molecule has 210 valence electrons. The molecule has 0 saturated carbocycles. The number of rotatable bonds is 11. The second-order valence-electron chi connectivity index (χ2n) is 10.4. The molecule has 2 aliphatic rings. The van der Waals surface area contributed by atoms with Gasteiger partial charge in [0.2, 0.25) is 0 Å². The third-order valence-corrected chi connectivity index (χ3v) is 7.07. The van der Waals surface area contributed by atoms with Crippen LogP contribution in [0.15, 0.2) is 48.0 Å². The van der Waals surface area contributed by atoms with Crippen LogP contribution in [0.2, 0.25) is 0 Å². The summed E-state index contributed by atoms with van der Waals surface area (Å²) in [6, 6.07) is 12.1. The summed E-state index contributed by atoms with van der Waals surface area (Å²) in [7, 11) is 0. The van der Waals surface area contributed by atoms with Gasteiger partial charge in [-0.2, -0.15) is 0 Å². The largest absolute Gasteiger partial charge is 0.507 e. The highest BCUT2D eigenvalue weighted by atomic mass is 16.5. The molecule has 8 nitrogen and oxygen atoms in total. The zero-order chi connectivity index (χ0) is 27.9. The van der Waals surface area contributed by atoms with Crippen molar-refractivity contribution in [3.05, 3.63) is 64.7 Å². The van der Waals surface area contributed by atoms with Gasteiger partial charge in [0.15, 0.2) is 0 Å². The van der Waals surface area contributed by atoms with Crippen molar-refractivity contribution in [2.45, 2.75) is 52.7 Å². The first kappa shape index (κ1) is 28.6. The number of amides is 1. The fourth-order valence-electron chi connectivity index (χ4n) is 4.95. The minimum atomic E-state index is -0.706. The van der Waals surface area contributed by atoms with E-state index in [1.165, 1.54) is 0 Å². The number of carbonyl (C=O) groups excluding carboxylic acids is 2. The van der Waals surface area contributed by atoms with Gasteiger partial charge in [-0.25, -0.2) is 0 Å². The number of aliphatic hydroxyl groups excluding tert-OH is 1. The summed E-state index contributed by atoms with van der Waals surface area (Å²) in [5.41, 5.74) is 2.15. The third kappa shape index (κ3) is 6.81. The molecule has 2 heterocycles. The van der Waals surface area contributed by atoms with Gasteiger partial charge in [-0.15, -0.1) is 0 Å². The smallest absolute Gasteiger partial charge is 0.295 e. The van der Waals surface area contributed by atoms with E-state index in [4.69, 9.17) is 14.2 Å². The number of ketones is 1. The van der Waals surface area contributed by atoms with Crippen molar-refractivity contribution >= 4 is 17.4 Å². The van der Waals surface area contributed by atoms with Gasteiger partial charge in [0.1, 0.15) is 17.3 Å². The summed E-state index contributed by atoms with van der Waals surface area (Å²) in [5.74, 6) is -0.0243. The van der Waals surface area contributed by atoms with Crippen LogP contribution in [0.3, 0.4) is 0 Å². The molecule has 4 rings (SSSR count). The lowest BCUT2D eigenvalue weighted by molar-refractivity contribution is -0.140. The summed E-state index contributed by atoms with van der Waals surface area (Å²) in [6.45, 7) is 12.4. The van der Waals surface area contributed by atoms with E-state index in [2.05, 4.69) is 11.8 Å². The van der Waals surface area contributed by atoms with E-state index in [9.17, 15) is 14.7 Å². The molecule has 2 saturated heterocycles. The Labute approximate surface area is 231 Å². The summed E-state index contributed by atoms with van der Waals surface area (Å²) >= 11 is 0. The number of aryl methyl sites for hydroxylation is 1. The zero-order valence-corrected chi connectivity index (χ0v) is 23.4. The Kier molecular flexibility index (Phi) is 9.64. The maximum atomic E-state index is 13.4. The molecule has 0 radical (unpaired) electrons. The number of hydrogen-bond acceptors (Lipinski definition) is 7. The number of nitrogens with zero attached hydrogens (tertiary/aromatic N) is 2. The van der Waals surface area contributed by atoms with Crippen LogP contribution < -0.4 is 9.47 Å². The molecule has 0 aromatic heterocycles. The van der Waals surface area contributed by atoms with E-state index in [1.807, 2.05) is 45.0 Å². The van der Waals surface area contributed by atoms with Crippen molar-refractivity contribution in [3.8, 4) is 11.5 Å². The molecule has 0 spiro atoms. The molecule has 8 heteroatoms. The van der Waals surface area contributed by atoms with Crippen LogP contribution in [0.4, 0.5) is 0 Å². The maximum Gasteiger partial charge on any atom is 0.295 e. The highest BCUT2D eigenvalue weighted by Gasteiger charge is 2.46. The van der Waals surface area contributed by atoms with Crippen LogP contribution in [0.1, 0.15) is 56.3 Å². The highest BCUT2D eigenvalue weighted by molar-refractivity contribution is 6.46. The number of Topliss-reactive ketones (excluding diaryl/α,β-unsaturated/α-hetero) is 1. The monoisotopic (exact) mass is 536 g/mol. The minimum absolute atomic E-state index is 0.00821. The third-order valence-electron chi connectivity index (χ3n) is 7.07. The molecule has 2 aromatic rings. The van der Waals surface area contributed by atoms with E-state index in [1.54, 1.807) is 23.1 Å². The van der Waals surface area contributed by atoms with E-state index in [0.29, 0.717) is 44.2 Å². The Bertz CT molecular complexity index is 1180. The van der Waals surface area contributed by atoms with E-state index in [0.717, 1.165) is 42.8 Å². The van der Waals surface area contributed by atoms with Crippen LogP contribution in [0.25, 0.3) is 5.76 Å². The van der Waals surface area contributed by atoms with Crippen molar-refractivity contribution in [1.29, 1.82) is 0 Å². The Morgan fingerprint density at radius 3 is 2.44 bits per heavy atom. The Morgan fingerprint density at radius 2 is 1.79 bits per heavy atom. The van der Waals surface area contributed by atoms with Gasteiger partial charge in [0.05, 0.1) is 37.5 Å². The van der Waals surface area contributed by atoms with E-state index >= 15 is 0 Å². The number of unbranched alkanes of at least 4 members (excludes halogenated alkanes) is 1. The molecule has 2 fully saturated rings. The molecule has 2 aromatic carbocycles. The molecule has 0 aliphatic carbocycles. The van der Waals surface area contributed by atoms with Crippen LogP contribution in [0.5, 0.6) is 11.5 Å². The summed E-state index contributed by atoms with van der Waals surface area (Å²) in [6.07, 6.45) is 2.01. The maximum absolute atomic E-state index is 13.4. The van der Waals surface area contributed by atoms with Gasteiger partial charge >= 0.3 is 0 Å². The average molecular weight is 537 g/mol. The van der Waals surface area contributed by atoms with Crippen molar-refractivity contribution < 1.29 is 28.9 Å². The van der Waals surface area contributed by atoms with Gasteiger partial charge in [0.25, 0.3) is 11.7 Å². The second-order valence-corrected chi connectivity index (χ2v) is 10.4. The van der Waals surface area contributed by atoms with Crippen LogP contribution in [-0.2, 0) is 14.3 Å². The molecule has 1 unspecified atom stereocenters. The van der Waals surface area contributed by atoms with E-state index in [-0.39, 0.29) is 17.4 Å². The SMILES string of the molecule is CCCCOc1ccc(C2/C(=C(\O)c3ccc(OC(C)C)c(C)c3)C(=O)C(=O)N2CCN2CCOCC2)cc1. The van der Waals surface area contributed by atoms with Gasteiger partial charge in [-0.1, -0.05) is 25.5 Å². The molecule has 1 N–H and O–H groups in total. The van der Waals surface area contributed by atoms with Crippen molar-refractivity contribution in [2.24, 2.45) is 0 Å². The number of ether oxygens (including phenoxy) is 3. The normalized spacial score (nSPS) is 19.6. The minimum Gasteiger partial charge on any atom is -0.507 e. The predicted octanol–water partition coefficient (Wildman–Crippen LogP) is 4.72. The fraction of sp³-hybridized carbons (Fsp3) is 0.484. The predicted molar refractivity (Wildman–Crippen MR) is 150 cm³/mol. The Hall–Kier alpha value is -3.36. The fourth-order valence-corrected chi connectivity index (χ4v) is 4.95. The number of aliphatic hydroxyl groups is 1. The first-order chi connectivity index (χ1) is 18.8. The van der Waals surface area contributed by atoms with Gasteiger partial charge in [0, 0.05) is 31.7 Å². The average Bonchev–Trinajstić information content (AvgIpc) is 3.18. The second kappa shape index (κ2) is 13.1. The first-order valence-corrected chi connectivity index (χ1v) is 13.9. The highest BCUT2D eigenvalue weighted by Crippen LogP contribution is 2.40. The molecule has 1 atom stereocenters. The lowest BCUT2D eigenvalue weighted by atomic mass is 9.94. The number of carbonyl (C=O) groups is 2. The first-order valence-electron chi connectivity index (χ1n) is 13.9. The molecular formula is C31H40N2O6. The van der Waals surface area contributed by atoms with Crippen molar-refractivity contribution in [1.82, 2.24) is 9.80 Å². The van der Waals surface area contributed by atoms with Gasteiger partial charge < -0.3 is 24.2 Å². The van der Waals surface area contributed by atoms with Crippen LogP contribution >= 0.6 is 0 Å². The number of morpholine rings is 1. The van der Waals surface area contributed by atoms with Gasteiger partial charge in [-0.05, 0) is 68.7 Å². The standard InChI is InChI=1S/C31H40N2O6/c1-5-6-17-38-25-10-7-23(8-11-25)28-27(29(34)24-9-12-26(22(4)20-24)39-21(2)3)30(35)31(36)33(28)14-13-32-15-18-37-19-16-32/h7-12,20-21,28,34H,5-6,13-19H2,1-4H3/b29-27+. The lowest BCUT2D eigenvalue weighted by Gasteiger charge is -2.31. The summed E-state index contributed by atoms with van der Waals surface area (Å²) < 4.78 is 17.1. The number of likely N-dealkylation sites (tertiary alicyclic amines) is 1. The summed E-state index contributed by atoms with van der Waals surface area (Å²) in [4.78, 5) is 30.6. The van der Waals surface area contributed by atoms with E-state index < -0.39 is 17.7 Å². The quantitative estimate of drug-likeness (QED) is 0.193. The van der Waals surface area contributed by atoms with Gasteiger partial charge in [-0.3, -0.25) is 14.5 Å². The number of benzene rings is 2. The molecular weight excluding hydrogens is 496 g/mol. The van der Waals surface area contributed by atoms with Crippen LogP contribution in [-0.4, -0.2) is 78.7 Å². The van der Waals surface area contributed by atoms with Crippen molar-refractivity contribution in [2.75, 3.05) is 46.0 Å². The molecule has 0 bridgehead atoms. The Morgan fingerprint density at radius 1 is 1.08 bits per heavy atom. The lowest BCUT2D eigenvalue weighted by Crippen LogP contribution is -2.42. The topological polar surface area (TPSA) is 88.5 Å². The summed E-state index contributed by atoms with van der Waals surface area (Å²) in [5, 5.41) is 11.5. The molecule has 1 amide bonds. The number of hydrogen-bond donors (Lipinski definition) is 1. The van der Waals surface area contributed by atoms with Crippen LogP contribution in [0, 0.1) is 6.92 Å².